The summed E-state index contributed by atoms with van der Waals surface area (Å²) in [4.78, 5) is 23.3. The van der Waals surface area contributed by atoms with Crippen LogP contribution in [0, 0.1) is 0 Å². The van der Waals surface area contributed by atoms with Crippen molar-refractivity contribution in [2.24, 2.45) is 5.73 Å². The summed E-state index contributed by atoms with van der Waals surface area (Å²) in [6.07, 6.45) is 4.37. The summed E-state index contributed by atoms with van der Waals surface area (Å²) in [7, 11) is 0. The Hall–Kier alpha value is -1.68. The summed E-state index contributed by atoms with van der Waals surface area (Å²) in [5.41, 5.74) is 7.08. The Morgan fingerprint density at radius 1 is 1.32 bits per heavy atom. The fraction of sp³-hybridized carbons (Fsp3) is 0.467. The number of hydrogen-bond acceptors (Lipinski definition) is 3. The van der Waals surface area contributed by atoms with Crippen molar-refractivity contribution in [2.75, 3.05) is 5.32 Å². The van der Waals surface area contributed by atoms with Crippen LogP contribution in [-0.2, 0) is 4.79 Å². The maximum absolute atomic E-state index is 12.0. The molecule has 3 N–H and O–H groups in total. The zero-order valence-electron chi connectivity index (χ0n) is 11.2. The second-order valence-electron chi connectivity index (χ2n) is 5.43. The van der Waals surface area contributed by atoms with Crippen molar-refractivity contribution < 1.29 is 9.59 Å². The first-order chi connectivity index (χ1) is 8.98. The van der Waals surface area contributed by atoms with Gasteiger partial charge < -0.3 is 11.1 Å². The van der Waals surface area contributed by atoms with Gasteiger partial charge in [-0.3, -0.25) is 9.59 Å². The van der Waals surface area contributed by atoms with Crippen molar-refractivity contribution >= 4 is 17.4 Å². The van der Waals surface area contributed by atoms with Crippen LogP contribution in [0.5, 0.6) is 0 Å². The zero-order valence-corrected chi connectivity index (χ0v) is 11.2. The summed E-state index contributed by atoms with van der Waals surface area (Å²) >= 11 is 0. The molecule has 0 heterocycles. The third kappa shape index (κ3) is 3.64. The van der Waals surface area contributed by atoms with Crippen molar-refractivity contribution in [3.05, 3.63) is 29.8 Å². The minimum absolute atomic E-state index is 0.0119. The molecule has 0 bridgehead atoms. The van der Waals surface area contributed by atoms with E-state index in [0.717, 1.165) is 25.7 Å². The first-order valence-electron chi connectivity index (χ1n) is 6.68. The predicted molar refractivity (Wildman–Crippen MR) is 75.1 cm³/mol. The summed E-state index contributed by atoms with van der Waals surface area (Å²) < 4.78 is 0. The third-order valence-electron chi connectivity index (χ3n) is 3.66. The number of benzene rings is 1. The number of anilines is 1. The minimum Gasteiger partial charge on any atom is -0.326 e. The van der Waals surface area contributed by atoms with Gasteiger partial charge in [0.25, 0.3) is 0 Å². The Balaban J connectivity index is 1.98. The lowest BCUT2D eigenvalue weighted by molar-refractivity contribution is -0.117. The van der Waals surface area contributed by atoms with Crippen LogP contribution in [0.1, 0.15) is 49.4 Å². The van der Waals surface area contributed by atoms with Gasteiger partial charge >= 0.3 is 0 Å². The molecule has 1 fully saturated rings. The van der Waals surface area contributed by atoms with E-state index in [0.29, 0.717) is 17.7 Å². The Morgan fingerprint density at radius 3 is 2.63 bits per heavy atom. The number of ketones is 1. The van der Waals surface area contributed by atoms with E-state index < -0.39 is 0 Å². The molecule has 1 amide bonds. The van der Waals surface area contributed by atoms with Crippen LogP contribution in [0.3, 0.4) is 0 Å². The average molecular weight is 260 g/mol. The number of Topliss-reactive ketones (excluding diaryl/α,β-unsaturated/α-hetero) is 1. The van der Waals surface area contributed by atoms with E-state index in [-0.39, 0.29) is 17.2 Å². The third-order valence-corrected chi connectivity index (χ3v) is 3.66. The van der Waals surface area contributed by atoms with E-state index in [4.69, 9.17) is 5.73 Å². The van der Waals surface area contributed by atoms with E-state index in [1.165, 1.54) is 6.92 Å². The summed E-state index contributed by atoms with van der Waals surface area (Å²) in [5.74, 6) is -0.0905. The highest BCUT2D eigenvalue weighted by Gasteiger charge is 2.31. The maximum atomic E-state index is 12.0. The van der Waals surface area contributed by atoms with Gasteiger partial charge in [0, 0.05) is 23.2 Å². The van der Waals surface area contributed by atoms with Gasteiger partial charge in [-0.05, 0) is 31.9 Å². The SMILES string of the molecule is CC(=O)c1cccc(NC(=O)CC2(N)CCCC2)c1. The van der Waals surface area contributed by atoms with E-state index in [2.05, 4.69) is 5.32 Å². The van der Waals surface area contributed by atoms with E-state index >= 15 is 0 Å². The first kappa shape index (κ1) is 13.7. The molecule has 0 unspecified atom stereocenters. The van der Waals surface area contributed by atoms with Crippen molar-refractivity contribution in [3.8, 4) is 0 Å². The highest BCUT2D eigenvalue weighted by Crippen LogP contribution is 2.30. The minimum atomic E-state index is -0.345. The van der Waals surface area contributed by atoms with Crippen molar-refractivity contribution in [3.63, 3.8) is 0 Å². The molecule has 1 saturated carbocycles. The molecule has 2 rings (SSSR count). The Bertz CT molecular complexity index is 491. The molecule has 0 atom stereocenters. The molecule has 0 spiro atoms. The Labute approximate surface area is 113 Å². The van der Waals surface area contributed by atoms with Crippen LogP contribution >= 0.6 is 0 Å². The normalized spacial score (nSPS) is 17.2. The van der Waals surface area contributed by atoms with Crippen molar-refractivity contribution in [1.82, 2.24) is 0 Å². The monoisotopic (exact) mass is 260 g/mol. The predicted octanol–water partition coefficient (Wildman–Crippen LogP) is 2.49. The lowest BCUT2D eigenvalue weighted by Gasteiger charge is -2.22. The van der Waals surface area contributed by atoms with Crippen LogP contribution in [0.25, 0.3) is 0 Å². The summed E-state index contributed by atoms with van der Waals surface area (Å²) in [6.45, 7) is 1.51. The van der Waals surface area contributed by atoms with Gasteiger partial charge in [0.2, 0.25) is 5.91 Å². The Kier molecular flexibility index (Phi) is 4.00. The van der Waals surface area contributed by atoms with Crippen LogP contribution in [0.15, 0.2) is 24.3 Å². The van der Waals surface area contributed by atoms with Gasteiger partial charge in [-0.25, -0.2) is 0 Å². The highest BCUT2D eigenvalue weighted by molar-refractivity contribution is 5.97. The smallest absolute Gasteiger partial charge is 0.226 e. The molecule has 0 aromatic heterocycles. The second-order valence-corrected chi connectivity index (χ2v) is 5.43. The van der Waals surface area contributed by atoms with Gasteiger partial charge in [0.1, 0.15) is 0 Å². The van der Waals surface area contributed by atoms with E-state index in [1.807, 2.05) is 0 Å². The van der Waals surface area contributed by atoms with E-state index in [1.54, 1.807) is 24.3 Å². The summed E-state index contributed by atoms with van der Waals surface area (Å²) in [5, 5.41) is 2.82. The number of nitrogens with two attached hydrogens (primary N) is 1. The molecule has 102 valence electrons. The second kappa shape index (κ2) is 5.53. The van der Waals surface area contributed by atoms with Gasteiger partial charge in [-0.2, -0.15) is 0 Å². The molecule has 1 aliphatic rings. The molecular weight excluding hydrogens is 240 g/mol. The topological polar surface area (TPSA) is 72.2 Å². The van der Waals surface area contributed by atoms with Crippen LogP contribution < -0.4 is 11.1 Å². The molecule has 1 aromatic rings. The van der Waals surface area contributed by atoms with Crippen molar-refractivity contribution in [1.29, 1.82) is 0 Å². The number of hydrogen-bond donors (Lipinski definition) is 2. The van der Waals surface area contributed by atoms with Crippen molar-refractivity contribution in [2.45, 2.75) is 44.6 Å². The molecule has 1 aliphatic carbocycles. The number of amides is 1. The average Bonchev–Trinajstić information content (AvgIpc) is 2.75. The lowest BCUT2D eigenvalue weighted by Crippen LogP contribution is -2.40. The van der Waals surface area contributed by atoms with Gasteiger partial charge in [0.15, 0.2) is 5.78 Å². The standard InChI is InChI=1S/C15H20N2O2/c1-11(18)12-5-4-6-13(9-12)17-14(19)10-15(16)7-2-3-8-15/h4-6,9H,2-3,7-8,10,16H2,1H3,(H,17,19). The van der Waals surface area contributed by atoms with Crippen LogP contribution in [0.4, 0.5) is 5.69 Å². The van der Waals surface area contributed by atoms with Gasteiger partial charge in [-0.1, -0.05) is 25.0 Å². The number of carbonyl (C=O) groups is 2. The fourth-order valence-corrected chi connectivity index (χ4v) is 2.60. The maximum Gasteiger partial charge on any atom is 0.226 e. The molecule has 1 aromatic carbocycles. The lowest BCUT2D eigenvalue weighted by atomic mass is 9.94. The zero-order chi connectivity index (χ0) is 13.9. The molecular formula is C15H20N2O2. The van der Waals surface area contributed by atoms with Crippen LogP contribution in [-0.4, -0.2) is 17.2 Å². The largest absolute Gasteiger partial charge is 0.326 e. The number of nitrogens with one attached hydrogen (secondary N) is 1. The quantitative estimate of drug-likeness (QED) is 0.817. The fourth-order valence-electron chi connectivity index (χ4n) is 2.60. The molecule has 0 aliphatic heterocycles. The highest BCUT2D eigenvalue weighted by atomic mass is 16.1. The van der Waals surface area contributed by atoms with Gasteiger partial charge in [-0.15, -0.1) is 0 Å². The summed E-state index contributed by atoms with van der Waals surface area (Å²) in [6, 6.07) is 6.97. The van der Waals surface area contributed by atoms with Crippen LogP contribution in [0.2, 0.25) is 0 Å². The number of carbonyl (C=O) groups excluding carboxylic acids is 2. The molecule has 0 radical (unpaired) electrons. The van der Waals surface area contributed by atoms with Gasteiger partial charge in [0.05, 0.1) is 0 Å². The number of rotatable bonds is 4. The molecule has 0 saturated heterocycles. The first-order valence-corrected chi connectivity index (χ1v) is 6.68. The molecule has 4 nitrogen and oxygen atoms in total. The molecule has 19 heavy (non-hydrogen) atoms. The van der Waals surface area contributed by atoms with E-state index in [9.17, 15) is 9.59 Å². The Morgan fingerprint density at radius 2 is 2.00 bits per heavy atom. The molecule has 4 heteroatoms.